The Kier molecular flexibility index (Phi) is 6.95. The molecule has 0 radical (unpaired) electrons. The molecule has 6 rings (SSSR count). The summed E-state index contributed by atoms with van der Waals surface area (Å²) in [6.07, 6.45) is 0. The minimum atomic E-state index is 0.0394. The van der Waals surface area contributed by atoms with E-state index in [1.165, 1.54) is 11.1 Å². The van der Waals surface area contributed by atoms with E-state index in [1.807, 2.05) is 42.2 Å². The number of aryl methyl sites for hydroxylation is 1. The average Bonchev–Trinajstić information content (AvgIpc) is 3.51. The van der Waals surface area contributed by atoms with Crippen molar-refractivity contribution >= 4 is 17.0 Å². The number of carbonyl (C=O) groups is 1. The molecule has 6 heteroatoms. The fraction of sp³-hybridized carbons (Fsp3) is 0.242. The van der Waals surface area contributed by atoms with E-state index >= 15 is 0 Å². The Labute approximate surface area is 229 Å². The van der Waals surface area contributed by atoms with Gasteiger partial charge in [-0.05, 0) is 35.7 Å². The van der Waals surface area contributed by atoms with Crippen molar-refractivity contribution in [1.82, 2.24) is 14.4 Å². The van der Waals surface area contributed by atoms with Gasteiger partial charge in [0, 0.05) is 44.9 Å². The van der Waals surface area contributed by atoms with Crippen molar-refractivity contribution in [2.45, 2.75) is 19.5 Å². The zero-order valence-corrected chi connectivity index (χ0v) is 22.4. The monoisotopic (exact) mass is 519 g/mol. The number of fused-ring (bicyclic) bond motifs is 1. The fourth-order valence-electron chi connectivity index (χ4n) is 5.70. The lowest BCUT2D eigenvalue weighted by molar-refractivity contribution is 0.0588. The number of nitrogens with zero attached hydrogens (tertiary/aromatic N) is 3. The Morgan fingerprint density at radius 3 is 2.15 bits per heavy atom. The summed E-state index contributed by atoms with van der Waals surface area (Å²) in [4.78, 5) is 18.4. The van der Waals surface area contributed by atoms with Crippen molar-refractivity contribution < 1.29 is 13.9 Å². The van der Waals surface area contributed by atoms with Gasteiger partial charge in [0.25, 0.3) is 5.91 Å². The van der Waals surface area contributed by atoms with Crippen LogP contribution in [-0.2, 0) is 6.54 Å². The molecule has 6 nitrogen and oxygen atoms in total. The molecule has 0 spiro atoms. The molecule has 0 aliphatic carbocycles. The molecule has 1 fully saturated rings. The first kappa shape index (κ1) is 25.0. The third-order valence-corrected chi connectivity index (χ3v) is 7.60. The topological polar surface area (TPSA) is 50.9 Å². The van der Waals surface area contributed by atoms with E-state index in [4.69, 9.17) is 9.15 Å². The molecule has 1 aliphatic heterocycles. The van der Waals surface area contributed by atoms with Gasteiger partial charge in [0.2, 0.25) is 0 Å². The van der Waals surface area contributed by atoms with Crippen LogP contribution in [0.2, 0.25) is 0 Å². The molecule has 3 aromatic carbocycles. The smallest absolute Gasteiger partial charge is 0.270 e. The van der Waals surface area contributed by atoms with Gasteiger partial charge in [-0.3, -0.25) is 9.69 Å². The molecule has 39 heavy (non-hydrogen) atoms. The van der Waals surface area contributed by atoms with Gasteiger partial charge in [-0.15, -0.1) is 0 Å². The van der Waals surface area contributed by atoms with E-state index in [1.54, 1.807) is 7.11 Å². The largest absolute Gasteiger partial charge is 0.497 e. The van der Waals surface area contributed by atoms with Crippen molar-refractivity contribution in [3.63, 3.8) is 0 Å². The SMILES string of the molecule is COc1cccc(Cn2c(C(=O)N3CCN(C(c4ccccc4)c4ccccc4)CC3)cc3oc(C)cc32)c1. The van der Waals surface area contributed by atoms with Crippen molar-refractivity contribution in [2.24, 2.45) is 0 Å². The molecule has 0 bridgehead atoms. The number of carbonyl (C=O) groups excluding carboxylic acids is 1. The number of rotatable bonds is 7. The standard InChI is InChI=1S/C33H33N3O3/c1-24-20-29-31(39-24)22-30(36(29)23-25-10-9-15-28(21-25)38-2)33(37)35-18-16-34(17-19-35)32(26-11-5-3-6-12-26)27-13-7-4-8-14-27/h3-15,20-22,32H,16-19,23H2,1-2H3. The molecule has 0 unspecified atom stereocenters. The van der Waals surface area contributed by atoms with Crippen molar-refractivity contribution in [2.75, 3.05) is 33.3 Å². The number of aromatic nitrogens is 1. The molecule has 1 amide bonds. The molecule has 2 aromatic heterocycles. The highest BCUT2D eigenvalue weighted by Gasteiger charge is 2.30. The van der Waals surface area contributed by atoms with Crippen LogP contribution in [0.4, 0.5) is 0 Å². The number of hydrogen-bond acceptors (Lipinski definition) is 4. The second-order valence-corrected chi connectivity index (χ2v) is 10.1. The van der Waals surface area contributed by atoms with Gasteiger partial charge in [0.15, 0.2) is 5.58 Å². The van der Waals surface area contributed by atoms with E-state index in [0.29, 0.717) is 25.3 Å². The summed E-state index contributed by atoms with van der Waals surface area (Å²) in [6.45, 7) is 5.43. The highest BCUT2D eigenvalue weighted by atomic mass is 16.5. The number of amides is 1. The Bertz CT molecular complexity index is 1520. The Hall–Kier alpha value is -4.29. The molecule has 1 saturated heterocycles. The second kappa shape index (κ2) is 10.8. The minimum Gasteiger partial charge on any atom is -0.497 e. The van der Waals surface area contributed by atoms with E-state index in [0.717, 1.165) is 41.3 Å². The Balaban J connectivity index is 1.25. The summed E-state index contributed by atoms with van der Waals surface area (Å²) >= 11 is 0. The van der Waals surface area contributed by atoms with Crippen LogP contribution in [0.1, 0.15) is 39.0 Å². The third-order valence-electron chi connectivity index (χ3n) is 7.60. The first-order valence-corrected chi connectivity index (χ1v) is 13.5. The van der Waals surface area contributed by atoms with Gasteiger partial charge in [0.05, 0.1) is 18.7 Å². The number of piperazine rings is 1. The maximum atomic E-state index is 13.9. The van der Waals surface area contributed by atoms with E-state index < -0.39 is 0 Å². The first-order valence-electron chi connectivity index (χ1n) is 13.5. The van der Waals surface area contributed by atoms with Crippen LogP contribution in [0.5, 0.6) is 5.75 Å². The molecule has 198 valence electrons. The van der Waals surface area contributed by atoms with E-state index in [2.05, 4.69) is 76.2 Å². The van der Waals surface area contributed by atoms with Crippen molar-refractivity contribution in [3.8, 4) is 5.75 Å². The number of hydrogen-bond donors (Lipinski definition) is 0. The highest BCUT2D eigenvalue weighted by Crippen LogP contribution is 2.31. The molecule has 0 saturated carbocycles. The lowest BCUT2D eigenvalue weighted by Gasteiger charge is -2.39. The number of ether oxygens (including phenoxy) is 1. The van der Waals surface area contributed by atoms with Crippen LogP contribution < -0.4 is 4.74 Å². The van der Waals surface area contributed by atoms with E-state index in [9.17, 15) is 4.79 Å². The number of benzene rings is 3. The lowest BCUT2D eigenvalue weighted by Crippen LogP contribution is -2.50. The summed E-state index contributed by atoms with van der Waals surface area (Å²) < 4.78 is 13.4. The molecule has 1 aliphatic rings. The van der Waals surface area contributed by atoms with Gasteiger partial charge in [-0.25, -0.2) is 0 Å². The molecule has 5 aromatic rings. The van der Waals surface area contributed by atoms with E-state index in [-0.39, 0.29) is 11.9 Å². The average molecular weight is 520 g/mol. The third kappa shape index (κ3) is 5.08. The fourth-order valence-corrected chi connectivity index (χ4v) is 5.70. The molecular weight excluding hydrogens is 486 g/mol. The summed E-state index contributed by atoms with van der Waals surface area (Å²) in [5, 5.41) is 0. The van der Waals surface area contributed by atoms with Gasteiger partial charge >= 0.3 is 0 Å². The highest BCUT2D eigenvalue weighted by molar-refractivity contribution is 5.97. The van der Waals surface area contributed by atoms with Crippen LogP contribution in [0.3, 0.4) is 0 Å². The molecular formula is C33H33N3O3. The van der Waals surface area contributed by atoms with Crippen LogP contribution in [-0.4, -0.2) is 53.6 Å². The summed E-state index contributed by atoms with van der Waals surface area (Å²) in [5.41, 5.74) is 5.94. The van der Waals surface area contributed by atoms with Crippen LogP contribution in [0.15, 0.2) is 101 Å². The number of furan rings is 1. The zero-order chi connectivity index (χ0) is 26.8. The van der Waals surface area contributed by atoms with Crippen molar-refractivity contribution in [3.05, 3.63) is 125 Å². The van der Waals surface area contributed by atoms with Gasteiger partial charge in [0.1, 0.15) is 17.2 Å². The normalized spacial score (nSPS) is 14.3. The predicted molar refractivity (Wildman–Crippen MR) is 153 cm³/mol. The molecule has 0 N–H and O–H groups in total. The van der Waals surface area contributed by atoms with Gasteiger partial charge in [-0.2, -0.15) is 0 Å². The molecule has 3 heterocycles. The summed E-state index contributed by atoms with van der Waals surface area (Å²) in [5.74, 6) is 1.67. The van der Waals surface area contributed by atoms with Gasteiger partial charge < -0.3 is 18.6 Å². The minimum absolute atomic E-state index is 0.0394. The van der Waals surface area contributed by atoms with Crippen LogP contribution in [0.25, 0.3) is 11.1 Å². The quantitative estimate of drug-likeness (QED) is 0.259. The maximum absolute atomic E-state index is 13.9. The summed E-state index contributed by atoms with van der Waals surface area (Å²) in [7, 11) is 1.67. The number of methoxy groups -OCH3 is 1. The Morgan fingerprint density at radius 1 is 0.846 bits per heavy atom. The predicted octanol–water partition coefficient (Wildman–Crippen LogP) is 6.15. The van der Waals surface area contributed by atoms with Gasteiger partial charge in [-0.1, -0.05) is 72.8 Å². The molecule has 0 atom stereocenters. The van der Waals surface area contributed by atoms with Crippen LogP contribution in [0, 0.1) is 6.92 Å². The second-order valence-electron chi connectivity index (χ2n) is 10.1. The zero-order valence-electron chi connectivity index (χ0n) is 22.4. The van der Waals surface area contributed by atoms with Crippen LogP contribution >= 0.6 is 0 Å². The van der Waals surface area contributed by atoms with Crippen molar-refractivity contribution in [1.29, 1.82) is 0 Å². The lowest BCUT2D eigenvalue weighted by atomic mass is 9.96. The maximum Gasteiger partial charge on any atom is 0.270 e. The first-order chi connectivity index (χ1) is 19.1. The Morgan fingerprint density at radius 2 is 1.51 bits per heavy atom. The summed E-state index contributed by atoms with van der Waals surface area (Å²) in [6, 6.07) is 33.3.